The van der Waals surface area contributed by atoms with Gasteiger partial charge >= 0.3 is 5.97 Å². The van der Waals surface area contributed by atoms with Crippen LogP contribution < -0.4 is 4.72 Å². The lowest BCUT2D eigenvalue weighted by atomic mass is 10.1. The predicted molar refractivity (Wildman–Crippen MR) is 187 cm³/mol. The van der Waals surface area contributed by atoms with E-state index in [1.165, 1.54) is 19.2 Å². The lowest BCUT2D eigenvalue weighted by molar-refractivity contribution is -0.140. The summed E-state index contributed by atoms with van der Waals surface area (Å²) in [7, 11) is -0.920. The lowest BCUT2D eigenvalue weighted by Crippen LogP contribution is -2.13. The molecular weight excluding hydrogens is 677 g/mol. The van der Waals surface area contributed by atoms with Crippen LogP contribution in [0.1, 0.15) is 18.4 Å². The van der Waals surface area contributed by atoms with Crippen LogP contribution in [0, 0.1) is 11.8 Å². The molecule has 0 aliphatic heterocycles. The van der Waals surface area contributed by atoms with Gasteiger partial charge in [0.25, 0.3) is 19.1 Å². The van der Waals surface area contributed by atoms with Crippen LogP contribution in [0.15, 0.2) is 137 Å². The average Bonchev–Trinajstić information content (AvgIpc) is 3.08. The third-order valence-corrected chi connectivity index (χ3v) is 9.63. The topological polar surface area (TPSA) is 107 Å². The first-order chi connectivity index (χ1) is 22.5. The largest absolute Gasteiger partial charge is 0.469 e. The number of anilines is 1. The Bertz CT molecular complexity index is 2090. The second-order valence-electron chi connectivity index (χ2n) is 9.89. The normalized spacial score (nSPS) is 10.9. The Labute approximate surface area is 284 Å². The van der Waals surface area contributed by atoms with Crippen LogP contribution in [-0.2, 0) is 28.6 Å². The van der Waals surface area contributed by atoms with Crippen molar-refractivity contribution in [1.82, 2.24) is 0 Å². The zero-order valence-corrected chi connectivity index (χ0v) is 28.2. The van der Waals surface area contributed by atoms with E-state index in [0.29, 0.717) is 16.3 Å². The van der Waals surface area contributed by atoms with Crippen LogP contribution in [0.2, 0.25) is 5.02 Å². The fourth-order valence-corrected chi connectivity index (χ4v) is 6.26. The Morgan fingerprint density at radius 2 is 1.19 bits per heavy atom. The van der Waals surface area contributed by atoms with Crippen LogP contribution >= 0.6 is 22.3 Å². The van der Waals surface area contributed by atoms with Crippen molar-refractivity contribution in [3.05, 3.63) is 138 Å². The summed E-state index contributed by atoms with van der Waals surface area (Å²) in [6.07, 6.45) is 0.436. The number of ether oxygens (including phenoxy) is 1. The zero-order chi connectivity index (χ0) is 33.9. The molecule has 0 aliphatic rings. The average molecular weight is 707 g/mol. The van der Waals surface area contributed by atoms with E-state index in [2.05, 4.69) is 21.3 Å². The Kier molecular flexibility index (Phi) is 12.2. The molecule has 5 rings (SSSR count). The molecule has 0 saturated carbocycles. The molecule has 0 aliphatic carbocycles. The van der Waals surface area contributed by atoms with Gasteiger partial charge in [-0.15, -0.1) is 0 Å². The minimum Gasteiger partial charge on any atom is -0.469 e. The number of halogens is 2. The summed E-state index contributed by atoms with van der Waals surface area (Å²) in [6.45, 7) is 0. The number of sulfonamides is 1. The summed E-state index contributed by atoms with van der Waals surface area (Å²) in [5.41, 5.74) is 4.65. The predicted octanol–water partition coefficient (Wildman–Crippen LogP) is 8.39. The molecule has 7 nitrogen and oxygen atoms in total. The number of carbonyl (C=O) groups is 1. The first kappa shape index (κ1) is 35.3. The maximum absolute atomic E-state index is 12.9. The fraction of sp³-hybridized carbons (Fsp3) is 0.0833. The highest BCUT2D eigenvalue weighted by molar-refractivity contribution is 8.13. The third-order valence-electron chi connectivity index (χ3n) is 6.65. The summed E-state index contributed by atoms with van der Waals surface area (Å²) in [6, 6.07) is 37.3. The van der Waals surface area contributed by atoms with E-state index < -0.39 is 19.1 Å². The van der Waals surface area contributed by atoms with Gasteiger partial charge in [-0.05, 0) is 64.7 Å². The Morgan fingerprint density at radius 1 is 0.702 bits per heavy atom. The molecule has 0 atom stereocenters. The smallest absolute Gasteiger partial charge is 0.306 e. The Morgan fingerprint density at radius 3 is 1.68 bits per heavy atom. The molecule has 0 heterocycles. The van der Waals surface area contributed by atoms with Gasteiger partial charge in [0.05, 0.1) is 34.6 Å². The second-order valence-corrected chi connectivity index (χ2v) is 14.6. The molecule has 0 bridgehead atoms. The molecule has 0 aromatic heterocycles. The minimum absolute atomic E-state index is 0.119. The molecule has 1 N–H and O–H groups in total. The van der Waals surface area contributed by atoms with Crippen LogP contribution in [0.25, 0.3) is 22.3 Å². The van der Waals surface area contributed by atoms with Crippen molar-refractivity contribution < 1.29 is 26.4 Å². The molecule has 0 radical (unpaired) electrons. The first-order valence-corrected chi connectivity index (χ1v) is 18.3. The van der Waals surface area contributed by atoms with E-state index in [1.807, 2.05) is 60.7 Å². The standard InChI is InChI=1S/C24H20ClNO4S.C12H9ClO2S/c1-30-24(27)10-6-5-9-20-17-21(25)13-16-23(20)26-31(28,29)22-14-11-19(12-15-22)18-7-3-2-4-8-18;13-16(14,15)12-8-6-11(7-9-12)10-4-2-1-3-5-10/h2-4,7-8,11-17,26H,6,10H2,1H3;1-9H. The number of methoxy groups -OCH3 is 1. The van der Waals surface area contributed by atoms with Crippen molar-refractivity contribution in [3.63, 3.8) is 0 Å². The molecule has 0 fully saturated rings. The molecule has 0 amide bonds. The van der Waals surface area contributed by atoms with E-state index >= 15 is 0 Å². The number of esters is 1. The van der Waals surface area contributed by atoms with E-state index in [1.54, 1.807) is 54.6 Å². The SMILES string of the molecule is COC(=O)CCC#Cc1cc(Cl)ccc1NS(=O)(=O)c1ccc(-c2ccccc2)cc1.O=S(=O)(Cl)c1ccc(-c2ccccc2)cc1. The Balaban J connectivity index is 0.000000261. The lowest BCUT2D eigenvalue weighted by Gasteiger charge is -2.11. The Hall–Kier alpha value is -4.59. The van der Waals surface area contributed by atoms with Crippen molar-refractivity contribution in [2.45, 2.75) is 22.6 Å². The quantitative estimate of drug-likeness (QED) is 0.0987. The molecule has 11 heteroatoms. The number of carbonyl (C=O) groups excluding carboxylic acids is 1. The van der Waals surface area contributed by atoms with Crippen LogP contribution in [-0.4, -0.2) is 29.9 Å². The first-order valence-electron chi connectivity index (χ1n) is 14.1. The third kappa shape index (κ3) is 10.5. The number of benzene rings is 5. The molecule has 0 saturated heterocycles. The van der Waals surface area contributed by atoms with Gasteiger partial charge in [0.15, 0.2) is 0 Å². The highest BCUT2D eigenvalue weighted by Crippen LogP contribution is 2.26. The summed E-state index contributed by atoms with van der Waals surface area (Å²) in [5, 5.41) is 0.424. The minimum atomic E-state index is -3.83. The highest BCUT2D eigenvalue weighted by Gasteiger charge is 2.16. The molecule has 5 aromatic carbocycles. The molecule has 0 spiro atoms. The van der Waals surface area contributed by atoms with Gasteiger partial charge in [-0.3, -0.25) is 9.52 Å². The van der Waals surface area contributed by atoms with Crippen molar-refractivity contribution in [2.75, 3.05) is 11.8 Å². The summed E-state index contributed by atoms with van der Waals surface area (Å²) in [4.78, 5) is 11.5. The number of hydrogen-bond acceptors (Lipinski definition) is 6. The van der Waals surface area contributed by atoms with Crippen molar-refractivity contribution in [2.24, 2.45) is 0 Å². The zero-order valence-electron chi connectivity index (χ0n) is 25.1. The van der Waals surface area contributed by atoms with E-state index in [-0.39, 0.29) is 28.6 Å². The van der Waals surface area contributed by atoms with Gasteiger partial charge in [0.2, 0.25) is 0 Å². The molecule has 240 valence electrons. The van der Waals surface area contributed by atoms with E-state index in [0.717, 1.165) is 22.3 Å². The fourth-order valence-electron chi connectivity index (χ4n) is 4.23. The summed E-state index contributed by atoms with van der Waals surface area (Å²) < 4.78 is 55.0. The van der Waals surface area contributed by atoms with Gasteiger partial charge in [-0.1, -0.05) is 108 Å². The van der Waals surface area contributed by atoms with Crippen molar-refractivity contribution in [3.8, 4) is 34.1 Å². The van der Waals surface area contributed by atoms with Crippen LogP contribution in [0.3, 0.4) is 0 Å². The highest BCUT2D eigenvalue weighted by atomic mass is 35.7. The summed E-state index contributed by atoms with van der Waals surface area (Å²) in [5.74, 6) is 5.35. The maximum Gasteiger partial charge on any atom is 0.306 e. The molecule has 47 heavy (non-hydrogen) atoms. The van der Waals surface area contributed by atoms with Crippen LogP contribution in [0.4, 0.5) is 5.69 Å². The van der Waals surface area contributed by atoms with Gasteiger partial charge in [0.1, 0.15) is 0 Å². The van der Waals surface area contributed by atoms with Gasteiger partial charge in [-0.25, -0.2) is 16.8 Å². The number of nitrogens with one attached hydrogen (secondary N) is 1. The molecule has 0 unspecified atom stereocenters. The second kappa shape index (κ2) is 16.3. The number of rotatable bonds is 8. The van der Waals surface area contributed by atoms with E-state index in [4.69, 9.17) is 22.3 Å². The summed E-state index contributed by atoms with van der Waals surface area (Å²) >= 11 is 6.05. The molecule has 5 aromatic rings. The van der Waals surface area contributed by atoms with Gasteiger partial charge < -0.3 is 4.74 Å². The van der Waals surface area contributed by atoms with Crippen molar-refractivity contribution in [1.29, 1.82) is 0 Å². The van der Waals surface area contributed by atoms with Crippen molar-refractivity contribution >= 4 is 53.0 Å². The van der Waals surface area contributed by atoms with Gasteiger partial charge in [-0.2, -0.15) is 0 Å². The number of hydrogen-bond donors (Lipinski definition) is 1. The monoisotopic (exact) mass is 705 g/mol. The van der Waals surface area contributed by atoms with E-state index in [9.17, 15) is 21.6 Å². The van der Waals surface area contributed by atoms with Gasteiger partial charge in [0, 0.05) is 22.1 Å². The van der Waals surface area contributed by atoms with Crippen LogP contribution in [0.5, 0.6) is 0 Å². The molecular formula is C36H29Cl2NO6S2. The maximum atomic E-state index is 12.9.